The van der Waals surface area contributed by atoms with Crippen LogP contribution in [0, 0.1) is 0 Å². The average molecular weight is 171 g/mol. The molecule has 0 aliphatic rings. The normalized spacial score (nSPS) is 11.7. The molecule has 0 spiro atoms. The summed E-state index contributed by atoms with van der Waals surface area (Å²) in [6.07, 6.45) is 2.85. The molecule has 1 N–H and O–H groups in total. The first-order chi connectivity index (χ1) is 5.63. The summed E-state index contributed by atoms with van der Waals surface area (Å²) in [5.74, 6) is 0.265. The van der Waals surface area contributed by atoms with Gasteiger partial charge in [-0.1, -0.05) is 20.8 Å². The van der Waals surface area contributed by atoms with E-state index in [2.05, 4.69) is 26.1 Å². The van der Waals surface area contributed by atoms with E-state index in [0.717, 1.165) is 25.8 Å². The van der Waals surface area contributed by atoms with Gasteiger partial charge in [-0.15, -0.1) is 0 Å². The summed E-state index contributed by atoms with van der Waals surface area (Å²) in [6, 6.07) is 0. The van der Waals surface area contributed by atoms with Gasteiger partial charge in [-0.3, -0.25) is 4.79 Å². The minimum Gasteiger partial charge on any atom is -0.305 e. The van der Waals surface area contributed by atoms with Crippen LogP contribution in [0.1, 0.15) is 47.0 Å². The van der Waals surface area contributed by atoms with Crippen LogP contribution in [-0.4, -0.2) is 17.9 Å². The van der Waals surface area contributed by atoms with Crippen molar-refractivity contribution in [1.82, 2.24) is 5.32 Å². The van der Waals surface area contributed by atoms with Crippen molar-refractivity contribution in [2.24, 2.45) is 0 Å². The molecule has 0 heterocycles. The molecule has 0 saturated carbocycles. The number of Topliss-reactive ketones (excluding diaryl/α,β-unsaturated/α-hetero) is 1. The standard InChI is InChI=1S/C10H21NO/c1-5-8-11-10(6-2,7-3)9(4)12/h11H,5-8H2,1-4H3. The predicted molar refractivity (Wildman–Crippen MR) is 52.3 cm³/mol. The third-order valence-corrected chi connectivity index (χ3v) is 2.59. The van der Waals surface area contributed by atoms with Crippen LogP contribution in [0.2, 0.25) is 0 Å². The maximum atomic E-state index is 11.4. The van der Waals surface area contributed by atoms with Crippen LogP contribution in [0.3, 0.4) is 0 Å². The van der Waals surface area contributed by atoms with Crippen LogP contribution in [0.4, 0.5) is 0 Å². The van der Waals surface area contributed by atoms with Gasteiger partial charge in [0.2, 0.25) is 0 Å². The third-order valence-electron chi connectivity index (χ3n) is 2.59. The second-order valence-electron chi connectivity index (χ2n) is 3.27. The Bertz CT molecular complexity index is 139. The lowest BCUT2D eigenvalue weighted by molar-refractivity contribution is -0.123. The molecule has 0 radical (unpaired) electrons. The molecule has 0 aromatic rings. The Kier molecular flexibility index (Phi) is 5.14. The second kappa shape index (κ2) is 5.31. The quantitative estimate of drug-likeness (QED) is 0.663. The van der Waals surface area contributed by atoms with E-state index in [1.54, 1.807) is 6.92 Å². The van der Waals surface area contributed by atoms with E-state index < -0.39 is 0 Å². The first-order valence-electron chi connectivity index (χ1n) is 4.89. The van der Waals surface area contributed by atoms with Crippen molar-refractivity contribution >= 4 is 5.78 Å². The van der Waals surface area contributed by atoms with Gasteiger partial charge in [0.15, 0.2) is 0 Å². The smallest absolute Gasteiger partial charge is 0.149 e. The summed E-state index contributed by atoms with van der Waals surface area (Å²) in [6.45, 7) is 8.85. The summed E-state index contributed by atoms with van der Waals surface area (Å²) in [7, 11) is 0. The molecule has 0 aromatic heterocycles. The maximum Gasteiger partial charge on any atom is 0.149 e. The highest BCUT2D eigenvalue weighted by Gasteiger charge is 2.29. The average Bonchev–Trinajstić information content (AvgIpc) is 2.07. The Labute approximate surface area is 75.7 Å². The highest BCUT2D eigenvalue weighted by Crippen LogP contribution is 2.15. The summed E-state index contributed by atoms with van der Waals surface area (Å²) in [4.78, 5) is 11.4. The fourth-order valence-electron chi connectivity index (χ4n) is 1.49. The van der Waals surface area contributed by atoms with Gasteiger partial charge in [0.1, 0.15) is 5.78 Å². The number of rotatable bonds is 6. The minimum absolute atomic E-state index is 0.254. The summed E-state index contributed by atoms with van der Waals surface area (Å²) in [5, 5.41) is 3.33. The fraction of sp³-hybridized carbons (Fsp3) is 0.900. The fourth-order valence-corrected chi connectivity index (χ4v) is 1.49. The highest BCUT2D eigenvalue weighted by molar-refractivity contribution is 5.85. The largest absolute Gasteiger partial charge is 0.305 e. The molecule has 12 heavy (non-hydrogen) atoms. The molecule has 0 aromatic carbocycles. The van der Waals surface area contributed by atoms with E-state index in [9.17, 15) is 4.79 Å². The Morgan fingerprint density at radius 3 is 2.00 bits per heavy atom. The summed E-state index contributed by atoms with van der Waals surface area (Å²) in [5.41, 5.74) is -0.254. The first kappa shape index (κ1) is 11.6. The van der Waals surface area contributed by atoms with Crippen LogP contribution in [-0.2, 0) is 4.79 Å². The van der Waals surface area contributed by atoms with E-state index >= 15 is 0 Å². The van der Waals surface area contributed by atoms with Gasteiger partial charge in [0.05, 0.1) is 5.54 Å². The Hall–Kier alpha value is -0.370. The van der Waals surface area contributed by atoms with E-state index in [4.69, 9.17) is 0 Å². The Morgan fingerprint density at radius 1 is 1.25 bits per heavy atom. The molecule has 0 rings (SSSR count). The molecule has 0 saturated heterocycles. The van der Waals surface area contributed by atoms with Crippen LogP contribution >= 0.6 is 0 Å². The number of carbonyl (C=O) groups excluding carboxylic acids is 1. The number of hydrogen-bond donors (Lipinski definition) is 1. The lowest BCUT2D eigenvalue weighted by Crippen LogP contribution is -2.50. The molecule has 0 aliphatic carbocycles. The molecular weight excluding hydrogens is 150 g/mol. The van der Waals surface area contributed by atoms with E-state index in [1.165, 1.54) is 0 Å². The number of carbonyl (C=O) groups is 1. The zero-order chi connectivity index (χ0) is 9.61. The van der Waals surface area contributed by atoms with Crippen molar-refractivity contribution in [3.05, 3.63) is 0 Å². The van der Waals surface area contributed by atoms with Gasteiger partial charge >= 0.3 is 0 Å². The molecule has 72 valence electrons. The van der Waals surface area contributed by atoms with Crippen LogP contribution in [0.25, 0.3) is 0 Å². The third kappa shape index (κ3) is 2.59. The van der Waals surface area contributed by atoms with Gasteiger partial charge in [-0.05, 0) is 32.7 Å². The minimum atomic E-state index is -0.254. The lowest BCUT2D eigenvalue weighted by atomic mass is 9.88. The molecule has 0 aliphatic heterocycles. The molecule has 0 fully saturated rings. The highest BCUT2D eigenvalue weighted by atomic mass is 16.1. The van der Waals surface area contributed by atoms with Crippen molar-refractivity contribution in [3.8, 4) is 0 Å². The molecule has 2 nitrogen and oxygen atoms in total. The number of ketones is 1. The van der Waals surface area contributed by atoms with Crippen LogP contribution in [0.5, 0.6) is 0 Å². The summed E-state index contributed by atoms with van der Waals surface area (Å²) < 4.78 is 0. The monoisotopic (exact) mass is 171 g/mol. The molecule has 0 amide bonds. The van der Waals surface area contributed by atoms with E-state index in [-0.39, 0.29) is 11.3 Å². The molecular formula is C10H21NO. The van der Waals surface area contributed by atoms with Gasteiger partial charge in [-0.25, -0.2) is 0 Å². The molecule has 2 heteroatoms. The zero-order valence-electron chi connectivity index (χ0n) is 8.74. The van der Waals surface area contributed by atoms with Crippen LogP contribution < -0.4 is 5.32 Å². The SMILES string of the molecule is CCCNC(CC)(CC)C(C)=O. The Morgan fingerprint density at radius 2 is 1.75 bits per heavy atom. The van der Waals surface area contributed by atoms with Gasteiger partial charge < -0.3 is 5.32 Å². The Balaban J connectivity index is 4.25. The predicted octanol–water partition coefficient (Wildman–Crippen LogP) is 2.13. The van der Waals surface area contributed by atoms with Gasteiger partial charge in [0.25, 0.3) is 0 Å². The van der Waals surface area contributed by atoms with Crippen molar-refractivity contribution in [3.63, 3.8) is 0 Å². The van der Waals surface area contributed by atoms with E-state index in [1.807, 2.05) is 0 Å². The van der Waals surface area contributed by atoms with E-state index in [0.29, 0.717) is 0 Å². The molecule has 0 atom stereocenters. The maximum absolute atomic E-state index is 11.4. The van der Waals surface area contributed by atoms with Gasteiger partial charge in [0, 0.05) is 0 Å². The topological polar surface area (TPSA) is 29.1 Å². The van der Waals surface area contributed by atoms with Crippen molar-refractivity contribution in [2.75, 3.05) is 6.54 Å². The van der Waals surface area contributed by atoms with Crippen molar-refractivity contribution < 1.29 is 4.79 Å². The molecule has 0 bridgehead atoms. The van der Waals surface area contributed by atoms with Crippen molar-refractivity contribution in [2.45, 2.75) is 52.5 Å². The van der Waals surface area contributed by atoms with Crippen molar-refractivity contribution in [1.29, 1.82) is 0 Å². The number of nitrogens with one attached hydrogen (secondary N) is 1. The van der Waals surface area contributed by atoms with Crippen LogP contribution in [0.15, 0.2) is 0 Å². The zero-order valence-corrected chi connectivity index (χ0v) is 8.74. The number of hydrogen-bond acceptors (Lipinski definition) is 2. The first-order valence-corrected chi connectivity index (χ1v) is 4.89. The van der Waals surface area contributed by atoms with Gasteiger partial charge in [-0.2, -0.15) is 0 Å². The summed E-state index contributed by atoms with van der Waals surface area (Å²) >= 11 is 0. The molecule has 0 unspecified atom stereocenters. The lowest BCUT2D eigenvalue weighted by Gasteiger charge is -2.30. The second-order valence-corrected chi connectivity index (χ2v) is 3.27.